The fourth-order valence-corrected chi connectivity index (χ4v) is 3.60. The van der Waals surface area contributed by atoms with Gasteiger partial charge in [0.05, 0.1) is 29.7 Å². The summed E-state index contributed by atoms with van der Waals surface area (Å²) in [7, 11) is 1.29. The Morgan fingerprint density at radius 1 is 1.44 bits per heavy atom. The van der Waals surface area contributed by atoms with Gasteiger partial charge in [-0.3, -0.25) is 9.69 Å². The second-order valence-corrected chi connectivity index (χ2v) is 6.95. The summed E-state index contributed by atoms with van der Waals surface area (Å²) in [5.74, 6) is 0.0939. The number of nitrogens with zero attached hydrogens (tertiary/aromatic N) is 1. The topological polar surface area (TPSA) is 69.0 Å². The Hall–Kier alpha value is -2.05. The van der Waals surface area contributed by atoms with Crippen molar-refractivity contribution >= 4 is 28.5 Å². The van der Waals surface area contributed by atoms with Gasteiger partial charge in [0.2, 0.25) is 0 Å². The number of carbonyl (C=O) groups excluding carboxylic acids is 1. The molecule has 0 amide bonds. The highest BCUT2D eigenvalue weighted by atomic mass is 35.5. The van der Waals surface area contributed by atoms with E-state index in [1.54, 1.807) is 13.0 Å². The van der Waals surface area contributed by atoms with Crippen molar-refractivity contribution in [3.05, 3.63) is 38.2 Å². The third-order valence-electron chi connectivity index (χ3n) is 4.93. The largest absolute Gasteiger partial charge is 0.476 e. The predicted octanol–water partition coefficient (Wildman–Crippen LogP) is 2.78. The molecule has 0 unspecified atom stereocenters. The van der Waals surface area contributed by atoms with Crippen molar-refractivity contribution in [1.29, 1.82) is 0 Å². The van der Waals surface area contributed by atoms with E-state index in [0.29, 0.717) is 46.8 Å². The number of esters is 1. The Balaban J connectivity index is 1.88. The lowest BCUT2D eigenvalue weighted by Gasteiger charge is -2.30. The number of rotatable bonds is 3. The van der Waals surface area contributed by atoms with Crippen molar-refractivity contribution in [3.8, 4) is 5.75 Å². The molecule has 25 heavy (non-hydrogen) atoms. The molecule has 1 saturated carbocycles. The van der Waals surface area contributed by atoms with E-state index >= 15 is 0 Å². The van der Waals surface area contributed by atoms with E-state index in [4.69, 9.17) is 20.8 Å². The van der Waals surface area contributed by atoms with Crippen molar-refractivity contribution in [1.82, 2.24) is 4.90 Å². The molecule has 0 bridgehead atoms. The molecule has 0 saturated heterocycles. The normalized spacial score (nSPS) is 17.2. The van der Waals surface area contributed by atoms with Crippen LogP contribution >= 0.6 is 11.6 Å². The summed E-state index contributed by atoms with van der Waals surface area (Å²) in [4.78, 5) is 26.3. The smallest absolute Gasteiger partial charge is 0.340 e. The lowest BCUT2D eigenvalue weighted by atomic mass is 10.00. The van der Waals surface area contributed by atoms with Gasteiger partial charge in [0.15, 0.2) is 0 Å². The van der Waals surface area contributed by atoms with Crippen LogP contribution in [-0.2, 0) is 22.5 Å². The highest BCUT2D eigenvalue weighted by molar-refractivity contribution is 6.33. The van der Waals surface area contributed by atoms with Gasteiger partial charge in [-0.25, -0.2) is 4.79 Å². The third kappa shape index (κ3) is 2.79. The molecule has 7 heteroatoms. The lowest BCUT2D eigenvalue weighted by molar-refractivity contribution is -0.139. The number of fused-ring (bicyclic) bond motifs is 3. The molecule has 1 aromatic heterocycles. The molecule has 4 rings (SSSR count). The molecule has 6 nitrogen and oxygen atoms in total. The molecule has 1 aromatic carbocycles. The predicted molar refractivity (Wildman–Crippen MR) is 92.0 cm³/mol. The number of aryl methyl sites for hydroxylation is 1. The fourth-order valence-electron chi connectivity index (χ4n) is 3.32. The summed E-state index contributed by atoms with van der Waals surface area (Å²) >= 11 is 6.41. The van der Waals surface area contributed by atoms with Crippen LogP contribution in [0.5, 0.6) is 5.75 Å². The SMILES string of the molecule is COC(=O)Cc1c(C)c2cc(Cl)c3c(c2oc1=O)CN(C1CC1)CO3. The van der Waals surface area contributed by atoms with Gasteiger partial charge in [0, 0.05) is 18.0 Å². The minimum Gasteiger partial charge on any atom is -0.476 e. The maximum atomic E-state index is 12.4. The summed E-state index contributed by atoms with van der Waals surface area (Å²) < 4.78 is 16.1. The number of ether oxygens (including phenoxy) is 2. The van der Waals surface area contributed by atoms with E-state index < -0.39 is 11.6 Å². The van der Waals surface area contributed by atoms with Crippen LogP contribution in [0, 0.1) is 6.92 Å². The van der Waals surface area contributed by atoms with Crippen molar-refractivity contribution in [3.63, 3.8) is 0 Å². The molecule has 1 aliphatic heterocycles. The number of hydrogen-bond acceptors (Lipinski definition) is 6. The molecule has 132 valence electrons. The number of carbonyl (C=O) groups is 1. The molecule has 0 N–H and O–H groups in total. The summed E-state index contributed by atoms with van der Waals surface area (Å²) in [6, 6.07) is 2.26. The molecule has 1 fully saturated rings. The highest BCUT2D eigenvalue weighted by Gasteiger charge is 2.34. The fraction of sp³-hybridized carbons (Fsp3) is 0.444. The summed E-state index contributed by atoms with van der Waals surface area (Å²) in [5.41, 5.74) is 1.74. The molecule has 2 heterocycles. The van der Waals surface area contributed by atoms with Gasteiger partial charge in [-0.1, -0.05) is 11.6 Å². The van der Waals surface area contributed by atoms with E-state index in [-0.39, 0.29) is 6.42 Å². The highest BCUT2D eigenvalue weighted by Crippen LogP contribution is 2.42. The molecule has 0 radical (unpaired) electrons. The van der Waals surface area contributed by atoms with E-state index in [2.05, 4.69) is 9.64 Å². The molecule has 1 aliphatic carbocycles. The van der Waals surface area contributed by atoms with Crippen LogP contribution < -0.4 is 10.4 Å². The molecule has 0 spiro atoms. The first-order valence-corrected chi connectivity index (χ1v) is 8.58. The minimum absolute atomic E-state index is 0.125. The average Bonchev–Trinajstić information content (AvgIpc) is 3.44. The zero-order chi connectivity index (χ0) is 17.7. The third-order valence-corrected chi connectivity index (χ3v) is 5.21. The van der Waals surface area contributed by atoms with Gasteiger partial charge < -0.3 is 13.9 Å². The second kappa shape index (κ2) is 6.04. The van der Waals surface area contributed by atoms with Crippen molar-refractivity contribution < 1.29 is 18.7 Å². The van der Waals surface area contributed by atoms with Gasteiger partial charge in [0.25, 0.3) is 0 Å². The van der Waals surface area contributed by atoms with E-state index in [9.17, 15) is 9.59 Å². The van der Waals surface area contributed by atoms with Crippen LogP contribution in [0.2, 0.25) is 5.02 Å². The minimum atomic E-state index is -0.525. The van der Waals surface area contributed by atoms with Crippen LogP contribution in [0.25, 0.3) is 11.0 Å². The monoisotopic (exact) mass is 363 g/mol. The van der Waals surface area contributed by atoms with E-state index in [0.717, 1.165) is 23.8 Å². The Morgan fingerprint density at radius 3 is 2.88 bits per heavy atom. The van der Waals surface area contributed by atoms with Crippen LogP contribution in [0.3, 0.4) is 0 Å². The van der Waals surface area contributed by atoms with E-state index in [1.165, 1.54) is 7.11 Å². The molecule has 2 aliphatic rings. The Kier molecular flexibility index (Phi) is 3.96. The van der Waals surface area contributed by atoms with Crippen molar-refractivity contribution in [2.75, 3.05) is 13.8 Å². The van der Waals surface area contributed by atoms with Crippen LogP contribution in [0.15, 0.2) is 15.3 Å². The van der Waals surface area contributed by atoms with Gasteiger partial charge in [-0.2, -0.15) is 0 Å². The standard InChI is InChI=1S/C18H18ClNO5/c1-9-11-5-14(19)17-13(7-20(8-24-17)10-3-4-10)16(11)25-18(22)12(9)6-15(21)23-2/h5,10H,3-4,6-8H2,1-2H3. The number of benzene rings is 1. The molecular weight excluding hydrogens is 346 g/mol. The van der Waals surface area contributed by atoms with Crippen LogP contribution in [0.1, 0.15) is 29.5 Å². The zero-order valence-electron chi connectivity index (χ0n) is 14.1. The maximum absolute atomic E-state index is 12.4. The number of hydrogen-bond donors (Lipinski definition) is 0. The summed E-state index contributed by atoms with van der Waals surface area (Å²) in [6.45, 7) is 2.92. The van der Waals surface area contributed by atoms with Crippen LogP contribution in [0.4, 0.5) is 0 Å². The van der Waals surface area contributed by atoms with Gasteiger partial charge in [-0.15, -0.1) is 0 Å². The Labute approximate surface area is 149 Å². The maximum Gasteiger partial charge on any atom is 0.340 e. The molecule has 0 atom stereocenters. The number of halogens is 1. The first kappa shape index (κ1) is 16.4. The summed E-state index contributed by atoms with van der Waals surface area (Å²) in [6.07, 6.45) is 2.19. The quantitative estimate of drug-likeness (QED) is 0.617. The Morgan fingerprint density at radius 2 is 2.20 bits per heavy atom. The van der Waals surface area contributed by atoms with E-state index in [1.807, 2.05) is 0 Å². The average molecular weight is 364 g/mol. The van der Waals surface area contributed by atoms with Gasteiger partial charge in [-0.05, 0) is 31.4 Å². The second-order valence-electron chi connectivity index (χ2n) is 6.54. The van der Waals surface area contributed by atoms with Crippen LogP contribution in [-0.4, -0.2) is 30.8 Å². The number of methoxy groups -OCH3 is 1. The van der Waals surface area contributed by atoms with Crippen molar-refractivity contribution in [2.45, 2.75) is 38.8 Å². The van der Waals surface area contributed by atoms with Gasteiger partial charge in [0.1, 0.15) is 18.1 Å². The lowest BCUT2D eigenvalue weighted by Crippen LogP contribution is -2.34. The van der Waals surface area contributed by atoms with Gasteiger partial charge >= 0.3 is 11.6 Å². The Bertz CT molecular complexity index is 931. The first-order chi connectivity index (χ1) is 12.0. The zero-order valence-corrected chi connectivity index (χ0v) is 14.8. The summed E-state index contributed by atoms with van der Waals surface area (Å²) in [5, 5.41) is 1.21. The first-order valence-electron chi connectivity index (χ1n) is 8.21. The molecule has 2 aromatic rings. The molecular formula is C18H18ClNO5. The van der Waals surface area contributed by atoms with Crippen molar-refractivity contribution in [2.24, 2.45) is 0 Å².